The van der Waals surface area contributed by atoms with Crippen LogP contribution >= 0.6 is 0 Å². The lowest BCUT2D eigenvalue weighted by Gasteiger charge is -1.88. The topological polar surface area (TPSA) is 80.5 Å². The maximum Gasteiger partial charge on any atom is 0.186 e. The first-order chi connectivity index (χ1) is 5.27. The number of aromatic nitrogens is 4. The van der Waals surface area contributed by atoms with Crippen LogP contribution in [0.5, 0.6) is 0 Å². The van der Waals surface area contributed by atoms with Gasteiger partial charge in [-0.15, -0.1) is 0 Å². The van der Waals surface area contributed by atoms with Gasteiger partial charge in [0.05, 0.1) is 5.39 Å². The number of nitrogens with zero attached hydrogens (tertiary/aromatic N) is 3. The lowest BCUT2D eigenvalue weighted by atomic mass is 10.4. The summed E-state index contributed by atoms with van der Waals surface area (Å²) in [5.41, 5.74) is 6.15. The molecule has 0 unspecified atom stereocenters. The number of hydrogen-bond donors (Lipinski definition) is 2. The van der Waals surface area contributed by atoms with E-state index >= 15 is 0 Å². The van der Waals surface area contributed by atoms with Crippen LogP contribution in [0.3, 0.4) is 0 Å². The molecule has 0 aliphatic rings. The molecule has 0 bridgehead atoms. The van der Waals surface area contributed by atoms with Crippen LogP contribution in [0.25, 0.3) is 11.0 Å². The average Bonchev–Trinajstić information content (AvgIpc) is 2.32. The van der Waals surface area contributed by atoms with E-state index < -0.39 is 0 Å². The number of nitrogen functional groups attached to an aromatic ring is 1. The Morgan fingerprint density at radius 3 is 3.18 bits per heavy atom. The Balaban J connectivity index is 2.86. The Morgan fingerprint density at radius 2 is 2.36 bits per heavy atom. The molecule has 0 saturated carbocycles. The van der Waals surface area contributed by atoms with Gasteiger partial charge in [-0.1, -0.05) is 0 Å². The molecule has 0 saturated heterocycles. The van der Waals surface area contributed by atoms with Gasteiger partial charge < -0.3 is 5.73 Å². The van der Waals surface area contributed by atoms with Gasteiger partial charge in [0.2, 0.25) is 0 Å². The summed E-state index contributed by atoms with van der Waals surface area (Å²) in [6, 6.07) is 0. The first-order valence-corrected chi connectivity index (χ1v) is 3.20. The Kier molecular flexibility index (Phi) is 1.06. The summed E-state index contributed by atoms with van der Waals surface area (Å²) in [5, 5.41) is 7.28. The standard InChI is InChI=1S/C6H7N5/c1-3-8-2-4-5(7)10-11-6(4)9-3/h2H,1H3,(H3,7,8,9,10,11). The second-order valence-corrected chi connectivity index (χ2v) is 2.29. The minimum Gasteiger partial charge on any atom is -0.383 e. The van der Waals surface area contributed by atoms with Gasteiger partial charge in [-0.25, -0.2) is 9.97 Å². The molecule has 0 fully saturated rings. The summed E-state index contributed by atoms with van der Waals surface area (Å²) >= 11 is 0. The molecule has 0 amide bonds. The number of aromatic amines is 1. The van der Waals surface area contributed by atoms with Crippen molar-refractivity contribution in [3.05, 3.63) is 12.0 Å². The Labute approximate surface area is 62.7 Å². The van der Waals surface area contributed by atoms with Gasteiger partial charge in [0.15, 0.2) is 5.65 Å². The van der Waals surface area contributed by atoms with Gasteiger partial charge in [0.25, 0.3) is 0 Å². The molecule has 0 spiro atoms. The average molecular weight is 149 g/mol. The van der Waals surface area contributed by atoms with Gasteiger partial charge >= 0.3 is 0 Å². The minimum absolute atomic E-state index is 0.514. The number of rotatable bonds is 0. The number of hydrogen-bond acceptors (Lipinski definition) is 4. The zero-order valence-electron chi connectivity index (χ0n) is 6.00. The second kappa shape index (κ2) is 1.91. The molecule has 2 rings (SSSR count). The number of aryl methyl sites for hydroxylation is 1. The number of anilines is 1. The quantitative estimate of drug-likeness (QED) is 0.562. The van der Waals surface area contributed by atoms with Crippen LogP contribution in [0.15, 0.2) is 6.20 Å². The SMILES string of the molecule is Cc1ncc2c(N)[nH]nc2n1. The largest absolute Gasteiger partial charge is 0.383 e. The fourth-order valence-corrected chi connectivity index (χ4v) is 0.907. The summed E-state index contributed by atoms with van der Waals surface area (Å²) < 4.78 is 0. The Bertz CT molecular complexity index is 391. The van der Waals surface area contributed by atoms with Crippen molar-refractivity contribution in [3.63, 3.8) is 0 Å². The summed E-state index contributed by atoms with van der Waals surface area (Å²) in [4.78, 5) is 8.05. The smallest absolute Gasteiger partial charge is 0.186 e. The van der Waals surface area contributed by atoms with E-state index in [1.807, 2.05) is 6.92 Å². The molecule has 2 aromatic rings. The Morgan fingerprint density at radius 1 is 1.55 bits per heavy atom. The van der Waals surface area contributed by atoms with Crippen molar-refractivity contribution in [1.82, 2.24) is 20.2 Å². The summed E-state index contributed by atoms with van der Waals surface area (Å²) in [6.07, 6.45) is 1.66. The van der Waals surface area contributed by atoms with Gasteiger partial charge in [-0.3, -0.25) is 5.10 Å². The molecule has 0 aromatic carbocycles. The third kappa shape index (κ3) is 0.813. The van der Waals surface area contributed by atoms with E-state index in [4.69, 9.17) is 5.73 Å². The highest BCUT2D eigenvalue weighted by Crippen LogP contribution is 2.12. The van der Waals surface area contributed by atoms with Crippen LogP contribution in [0.4, 0.5) is 5.82 Å². The first kappa shape index (κ1) is 6.09. The molecule has 3 N–H and O–H groups in total. The van der Waals surface area contributed by atoms with Crippen LogP contribution in [0, 0.1) is 6.92 Å². The van der Waals surface area contributed by atoms with Crippen molar-refractivity contribution in [3.8, 4) is 0 Å². The van der Waals surface area contributed by atoms with Crippen molar-refractivity contribution in [2.45, 2.75) is 6.92 Å². The van der Waals surface area contributed by atoms with Crippen LogP contribution in [-0.2, 0) is 0 Å². The van der Waals surface area contributed by atoms with Crippen molar-refractivity contribution < 1.29 is 0 Å². The summed E-state index contributed by atoms with van der Waals surface area (Å²) in [7, 11) is 0. The normalized spacial score (nSPS) is 10.6. The molecule has 5 heteroatoms. The van der Waals surface area contributed by atoms with Crippen molar-refractivity contribution in [2.24, 2.45) is 0 Å². The predicted molar refractivity (Wildman–Crippen MR) is 40.8 cm³/mol. The predicted octanol–water partition coefficient (Wildman–Crippen LogP) is 0.244. The van der Waals surface area contributed by atoms with Crippen LogP contribution in [0.1, 0.15) is 5.82 Å². The summed E-state index contributed by atoms with van der Waals surface area (Å²) in [5.74, 6) is 1.21. The number of nitrogens with two attached hydrogens (primary N) is 1. The van der Waals surface area contributed by atoms with E-state index in [1.54, 1.807) is 6.20 Å². The molecule has 0 aliphatic carbocycles. The van der Waals surface area contributed by atoms with E-state index in [0.29, 0.717) is 17.3 Å². The van der Waals surface area contributed by atoms with Crippen molar-refractivity contribution >= 4 is 16.9 Å². The fraction of sp³-hybridized carbons (Fsp3) is 0.167. The van der Waals surface area contributed by atoms with Crippen LogP contribution in [0.2, 0.25) is 0 Å². The molecule has 56 valence electrons. The maximum absolute atomic E-state index is 5.53. The van der Waals surface area contributed by atoms with Gasteiger partial charge in [0, 0.05) is 6.20 Å². The highest BCUT2D eigenvalue weighted by atomic mass is 15.2. The molecule has 0 aliphatic heterocycles. The number of H-pyrrole nitrogens is 1. The minimum atomic E-state index is 0.514. The van der Waals surface area contributed by atoms with E-state index in [2.05, 4.69) is 20.2 Å². The molecule has 0 atom stereocenters. The van der Waals surface area contributed by atoms with Crippen LogP contribution in [-0.4, -0.2) is 20.2 Å². The zero-order valence-corrected chi connectivity index (χ0v) is 6.00. The second-order valence-electron chi connectivity index (χ2n) is 2.29. The van der Waals surface area contributed by atoms with E-state index in [9.17, 15) is 0 Å². The van der Waals surface area contributed by atoms with Gasteiger partial charge in [-0.2, -0.15) is 5.10 Å². The lowest BCUT2D eigenvalue weighted by Crippen LogP contribution is -1.87. The first-order valence-electron chi connectivity index (χ1n) is 3.20. The van der Waals surface area contributed by atoms with Crippen molar-refractivity contribution in [2.75, 3.05) is 5.73 Å². The highest BCUT2D eigenvalue weighted by molar-refractivity contribution is 5.84. The third-order valence-corrected chi connectivity index (χ3v) is 1.46. The van der Waals surface area contributed by atoms with Crippen LogP contribution < -0.4 is 5.73 Å². The molecule has 5 nitrogen and oxygen atoms in total. The zero-order chi connectivity index (χ0) is 7.84. The van der Waals surface area contributed by atoms with E-state index in [0.717, 1.165) is 5.39 Å². The molecule has 11 heavy (non-hydrogen) atoms. The fourth-order valence-electron chi connectivity index (χ4n) is 0.907. The number of nitrogens with one attached hydrogen (secondary N) is 1. The van der Waals surface area contributed by atoms with Crippen molar-refractivity contribution in [1.29, 1.82) is 0 Å². The van der Waals surface area contributed by atoms with E-state index in [1.165, 1.54) is 0 Å². The van der Waals surface area contributed by atoms with Gasteiger partial charge in [-0.05, 0) is 6.92 Å². The molecular formula is C6H7N5. The van der Waals surface area contributed by atoms with E-state index in [-0.39, 0.29) is 0 Å². The maximum atomic E-state index is 5.53. The number of fused-ring (bicyclic) bond motifs is 1. The molecule has 2 aromatic heterocycles. The molecule has 0 radical (unpaired) electrons. The van der Waals surface area contributed by atoms with Gasteiger partial charge in [0.1, 0.15) is 11.6 Å². The molecular weight excluding hydrogens is 142 g/mol. The summed E-state index contributed by atoms with van der Waals surface area (Å²) in [6.45, 7) is 1.81. The molecule has 2 heterocycles. The monoisotopic (exact) mass is 149 g/mol. The lowest BCUT2D eigenvalue weighted by molar-refractivity contribution is 1.05. The third-order valence-electron chi connectivity index (χ3n) is 1.46. The highest BCUT2D eigenvalue weighted by Gasteiger charge is 2.02. The Hall–Kier alpha value is -1.65.